The highest BCUT2D eigenvalue weighted by Crippen LogP contribution is 2.34. The van der Waals surface area contributed by atoms with Gasteiger partial charge in [-0.2, -0.15) is 8.42 Å². The number of hydrogen-bond donors (Lipinski definition) is 1. The van der Waals surface area contributed by atoms with Crippen LogP contribution in [0, 0.1) is 0 Å². The van der Waals surface area contributed by atoms with Crippen molar-refractivity contribution in [3.63, 3.8) is 0 Å². The van der Waals surface area contributed by atoms with Gasteiger partial charge < -0.3 is 5.73 Å². The Hall–Kier alpha value is -2.02. The fourth-order valence-corrected chi connectivity index (χ4v) is 2.81. The smallest absolute Gasteiger partial charge is 0.349 e. The van der Waals surface area contributed by atoms with Crippen molar-refractivity contribution in [2.24, 2.45) is 10.1 Å². The zero-order valence-corrected chi connectivity index (χ0v) is 13.3. The lowest BCUT2D eigenvalue weighted by molar-refractivity contribution is 0.101. The number of urea groups is 1. The van der Waals surface area contributed by atoms with Gasteiger partial charge in [0.25, 0.3) is 0 Å². The van der Waals surface area contributed by atoms with Gasteiger partial charge in [-0.1, -0.05) is 47.9 Å². The van der Waals surface area contributed by atoms with E-state index in [1.807, 2.05) is 12.1 Å². The van der Waals surface area contributed by atoms with E-state index in [0.717, 1.165) is 5.56 Å². The van der Waals surface area contributed by atoms with Crippen molar-refractivity contribution in [3.05, 3.63) is 35.4 Å². The van der Waals surface area contributed by atoms with E-state index in [1.165, 1.54) is 37.7 Å². The molecule has 1 aromatic carbocycles. The van der Waals surface area contributed by atoms with E-state index in [4.69, 9.17) is 0 Å². The van der Waals surface area contributed by atoms with Gasteiger partial charge in [-0.3, -0.25) is 4.79 Å². The molecule has 0 aromatic heterocycles. The number of primary amides is 1. The highest BCUT2D eigenvalue weighted by atomic mass is 32.2. The summed E-state index contributed by atoms with van der Waals surface area (Å²) < 4.78 is 21.0. The van der Waals surface area contributed by atoms with Crippen LogP contribution in [0.4, 0.5) is 4.79 Å². The molecular weight excluding hydrogens is 304 g/mol. The first-order valence-corrected chi connectivity index (χ1v) is 8.15. The van der Waals surface area contributed by atoms with E-state index in [2.05, 4.69) is 22.2 Å². The number of ketones is 1. The minimum absolute atomic E-state index is 0.205. The Labute approximate surface area is 131 Å². The molecule has 1 saturated carbocycles. The van der Waals surface area contributed by atoms with Gasteiger partial charge in [-0.15, -0.1) is 0 Å². The Kier molecular flexibility index (Phi) is 7.45. The van der Waals surface area contributed by atoms with Crippen LogP contribution in [-0.2, 0) is 10.5 Å². The summed E-state index contributed by atoms with van der Waals surface area (Å²) >= 11 is 0. The molecule has 7 heteroatoms. The van der Waals surface area contributed by atoms with Gasteiger partial charge in [-0.05, 0) is 31.2 Å². The summed E-state index contributed by atoms with van der Waals surface area (Å²) in [6.07, 6.45) is 6.50. The fraction of sp³-hybridized carbons (Fsp3) is 0.467. The summed E-state index contributed by atoms with van der Waals surface area (Å²) in [6.45, 7) is 1.67. The van der Waals surface area contributed by atoms with E-state index in [-0.39, 0.29) is 5.78 Å². The van der Waals surface area contributed by atoms with Crippen LogP contribution in [0.2, 0.25) is 0 Å². The van der Waals surface area contributed by atoms with E-state index in [9.17, 15) is 18.0 Å². The monoisotopic (exact) mass is 324 g/mol. The Balaban J connectivity index is 0.000000295. The van der Waals surface area contributed by atoms with E-state index in [1.54, 1.807) is 6.92 Å². The van der Waals surface area contributed by atoms with Crippen molar-refractivity contribution >= 4 is 22.3 Å². The normalized spacial score (nSPS) is 14.4. The summed E-state index contributed by atoms with van der Waals surface area (Å²) in [4.78, 5) is 21.0. The van der Waals surface area contributed by atoms with Gasteiger partial charge >= 0.3 is 16.5 Å². The number of nitrogens with zero attached hydrogens (tertiary/aromatic N) is 1. The standard InChI is InChI=1S/C14H18O.CH2N2O3S/c1-11(15)13-9-5-6-10-14(13)12-7-3-2-4-8-12;2-1(4)3-7(5)6/h5-6,9-10,12H,2-4,7-8H2,1H3;(H2,2,4). The van der Waals surface area contributed by atoms with Gasteiger partial charge in [0.05, 0.1) is 0 Å². The Morgan fingerprint density at radius 2 is 1.73 bits per heavy atom. The second-order valence-corrected chi connectivity index (χ2v) is 5.74. The second kappa shape index (κ2) is 9.09. The lowest BCUT2D eigenvalue weighted by atomic mass is 9.81. The Morgan fingerprint density at radius 3 is 2.18 bits per heavy atom. The minimum atomic E-state index is -2.70. The van der Waals surface area contributed by atoms with Crippen LogP contribution in [-0.4, -0.2) is 20.2 Å². The fourth-order valence-electron chi connectivity index (χ4n) is 2.66. The number of carbonyl (C=O) groups excluding carboxylic acids is 2. The van der Waals surface area contributed by atoms with Crippen LogP contribution in [0.15, 0.2) is 28.6 Å². The van der Waals surface area contributed by atoms with Crippen molar-refractivity contribution < 1.29 is 18.0 Å². The number of amides is 2. The molecule has 2 amide bonds. The van der Waals surface area contributed by atoms with E-state index in [0.29, 0.717) is 5.92 Å². The Bertz CT molecular complexity index is 654. The third-order valence-electron chi connectivity index (χ3n) is 3.55. The number of benzene rings is 1. The second-order valence-electron chi connectivity index (χ2n) is 5.13. The molecule has 0 heterocycles. The van der Waals surface area contributed by atoms with Crippen LogP contribution in [0.1, 0.15) is 60.9 Å². The molecule has 1 aromatic rings. The quantitative estimate of drug-likeness (QED) is 0.843. The number of Topliss-reactive ketones (excluding diaryl/α,β-unsaturated/α-hetero) is 1. The third-order valence-corrected chi connectivity index (χ3v) is 3.88. The van der Waals surface area contributed by atoms with Gasteiger partial charge in [0, 0.05) is 5.56 Å². The summed E-state index contributed by atoms with van der Waals surface area (Å²) in [6, 6.07) is 6.91. The van der Waals surface area contributed by atoms with Crippen LogP contribution in [0.3, 0.4) is 0 Å². The predicted octanol–water partition coefficient (Wildman–Crippen LogP) is 3.06. The summed E-state index contributed by atoms with van der Waals surface area (Å²) in [7, 11) is -2.70. The molecule has 22 heavy (non-hydrogen) atoms. The number of nitrogens with two attached hydrogens (primary N) is 1. The van der Waals surface area contributed by atoms with Crippen molar-refractivity contribution in [3.8, 4) is 0 Å². The SMILES string of the molecule is CC(=O)c1ccccc1C1CCCCC1.NC(=O)N=S(=O)=O. The van der Waals surface area contributed by atoms with E-state index >= 15 is 0 Å². The summed E-state index contributed by atoms with van der Waals surface area (Å²) in [5.41, 5.74) is 6.51. The van der Waals surface area contributed by atoms with Gasteiger partial charge in [0.2, 0.25) is 0 Å². The lowest BCUT2D eigenvalue weighted by Gasteiger charge is -2.23. The Morgan fingerprint density at radius 1 is 1.14 bits per heavy atom. The first-order chi connectivity index (χ1) is 10.4. The maximum absolute atomic E-state index is 11.5. The van der Waals surface area contributed by atoms with Crippen molar-refractivity contribution in [1.29, 1.82) is 0 Å². The number of carbonyl (C=O) groups is 2. The molecule has 0 bridgehead atoms. The maximum atomic E-state index is 11.5. The van der Waals surface area contributed by atoms with Crippen LogP contribution in [0.5, 0.6) is 0 Å². The van der Waals surface area contributed by atoms with Crippen LogP contribution in [0.25, 0.3) is 0 Å². The first kappa shape index (κ1) is 18.0. The minimum Gasteiger partial charge on any atom is -0.349 e. The molecule has 0 atom stereocenters. The first-order valence-electron chi connectivity index (χ1n) is 7.12. The third kappa shape index (κ3) is 6.17. The zero-order valence-electron chi connectivity index (χ0n) is 12.5. The van der Waals surface area contributed by atoms with Crippen LogP contribution < -0.4 is 5.73 Å². The molecule has 1 fully saturated rings. The van der Waals surface area contributed by atoms with Gasteiger partial charge in [-0.25, -0.2) is 4.79 Å². The molecule has 1 aliphatic carbocycles. The molecular formula is C15H20N2O4S. The molecule has 0 spiro atoms. The molecule has 120 valence electrons. The average Bonchev–Trinajstić information content (AvgIpc) is 2.47. The molecule has 0 radical (unpaired) electrons. The molecule has 0 saturated heterocycles. The van der Waals surface area contributed by atoms with Crippen molar-refractivity contribution in [1.82, 2.24) is 0 Å². The molecule has 0 unspecified atom stereocenters. The number of rotatable bonds is 2. The predicted molar refractivity (Wildman–Crippen MR) is 83.2 cm³/mol. The lowest BCUT2D eigenvalue weighted by Crippen LogP contribution is -2.09. The highest BCUT2D eigenvalue weighted by molar-refractivity contribution is 7.62. The average molecular weight is 324 g/mol. The molecule has 2 rings (SSSR count). The zero-order chi connectivity index (χ0) is 16.5. The molecule has 6 nitrogen and oxygen atoms in total. The largest absolute Gasteiger partial charge is 0.353 e. The number of hydrogen-bond acceptors (Lipinski definition) is 4. The van der Waals surface area contributed by atoms with E-state index < -0.39 is 16.5 Å². The topological polar surface area (TPSA) is 107 Å². The summed E-state index contributed by atoms with van der Waals surface area (Å²) in [5.74, 6) is 0.829. The van der Waals surface area contributed by atoms with Gasteiger partial charge in [0.1, 0.15) is 0 Å². The van der Waals surface area contributed by atoms with Crippen LogP contribution >= 0.6 is 0 Å². The van der Waals surface area contributed by atoms with Crippen molar-refractivity contribution in [2.45, 2.75) is 44.9 Å². The van der Waals surface area contributed by atoms with Crippen molar-refractivity contribution in [2.75, 3.05) is 0 Å². The molecule has 2 N–H and O–H groups in total. The molecule has 1 aliphatic rings. The summed E-state index contributed by atoms with van der Waals surface area (Å²) in [5, 5.41) is 0. The van der Waals surface area contributed by atoms with Gasteiger partial charge in [0.15, 0.2) is 5.78 Å². The maximum Gasteiger partial charge on any atom is 0.353 e. The highest BCUT2D eigenvalue weighted by Gasteiger charge is 2.19. The molecule has 0 aliphatic heterocycles.